The molecule has 0 aliphatic heterocycles. The number of esters is 1. The van der Waals surface area contributed by atoms with Gasteiger partial charge < -0.3 is 9.64 Å². The van der Waals surface area contributed by atoms with Gasteiger partial charge in [0.05, 0.1) is 12.2 Å². The van der Waals surface area contributed by atoms with E-state index in [1.54, 1.807) is 14.0 Å². The predicted molar refractivity (Wildman–Crippen MR) is 97.6 cm³/mol. The maximum Gasteiger partial charge on any atom is 0.416 e. The minimum absolute atomic E-state index is 0.00797. The highest BCUT2D eigenvalue weighted by atomic mass is 32.2. The third kappa shape index (κ3) is 7.04. The van der Waals surface area contributed by atoms with E-state index in [1.807, 2.05) is 0 Å². The summed E-state index contributed by atoms with van der Waals surface area (Å²) in [6, 6.07) is 4.46. The quantitative estimate of drug-likeness (QED) is 0.445. The number of halogens is 3. The zero-order valence-electron chi connectivity index (χ0n) is 15.8. The molecule has 2 aromatic rings. The SMILES string of the molecule is CCOC(=O)CN(Cc1ccc(C(F)(F)F)cc1)C(=O)CCSc1nnnn1C. The summed E-state index contributed by atoms with van der Waals surface area (Å²) in [7, 11) is 1.67. The number of hydrogen-bond acceptors (Lipinski definition) is 7. The van der Waals surface area contributed by atoms with Crippen molar-refractivity contribution in [3.05, 3.63) is 35.4 Å². The van der Waals surface area contributed by atoms with Gasteiger partial charge in [0.25, 0.3) is 0 Å². The number of carbonyl (C=O) groups excluding carboxylic acids is 2. The first-order valence-electron chi connectivity index (χ1n) is 8.65. The first-order chi connectivity index (χ1) is 13.7. The van der Waals surface area contributed by atoms with Crippen LogP contribution in [-0.4, -0.2) is 55.9 Å². The summed E-state index contributed by atoms with van der Waals surface area (Å²) >= 11 is 1.28. The molecule has 12 heteroatoms. The number of aryl methyl sites for hydroxylation is 1. The van der Waals surface area contributed by atoms with Crippen LogP contribution in [0.15, 0.2) is 29.4 Å². The first-order valence-corrected chi connectivity index (χ1v) is 9.64. The lowest BCUT2D eigenvalue weighted by atomic mass is 10.1. The van der Waals surface area contributed by atoms with E-state index < -0.39 is 17.7 Å². The van der Waals surface area contributed by atoms with E-state index in [0.29, 0.717) is 16.5 Å². The van der Waals surface area contributed by atoms with Gasteiger partial charge in [0.1, 0.15) is 6.54 Å². The standard InChI is InChI=1S/C17H20F3N5O3S/c1-3-28-15(27)11-25(10-12-4-6-13(7-5-12)17(18,19)20)14(26)8-9-29-16-21-22-23-24(16)2/h4-7H,3,8-11H2,1-2H3. The maximum absolute atomic E-state index is 12.7. The molecule has 0 fully saturated rings. The van der Waals surface area contributed by atoms with Gasteiger partial charge >= 0.3 is 12.1 Å². The summed E-state index contributed by atoms with van der Waals surface area (Å²) in [6.07, 6.45) is -4.34. The van der Waals surface area contributed by atoms with Crippen LogP contribution in [0.5, 0.6) is 0 Å². The van der Waals surface area contributed by atoms with Crippen LogP contribution in [-0.2, 0) is 34.1 Å². The highest BCUT2D eigenvalue weighted by molar-refractivity contribution is 7.99. The molecule has 0 aliphatic carbocycles. The van der Waals surface area contributed by atoms with Crippen LogP contribution < -0.4 is 0 Å². The Labute approximate surface area is 169 Å². The summed E-state index contributed by atoms with van der Waals surface area (Å²) in [5.41, 5.74) is -0.306. The molecule has 0 N–H and O–H groups in total. The minimum atomic E-state index is -4.44. The molecule has 1 aromatic carbocycles. The number of tetrazole rings is 1. The molecule has 29 heavy (non-hydrogen) atoms. The second-order valence-electron chi connectivity index (χ2n) is 5.93. The lowest BCUT2D eigenvalue weighted by Gasteiger charge is -2.22. The van der Waals surface area contributed by atoms with Crippen molar-refractivity contribution in [2.75, 3.05) is 18.9 Å². The fourth-order valence-electron chi connectivity index (χ4n) is 2.35. The molecule has 0 atom stereocenters. The van der Waals surface area contributed by atoms with Gasteiger partial charge in [0, 0.05) is 25.8 Å². The maximum atomic E-state index is 12.7. The van der Waals surface area contributed by atoms with E-state index in [9.17, 15) is 22.8 Å². The van der Waals surface area contributed by atoms with Crippen LogP contribution in [0.4, 0.5) is 13.2 Å². The third-order valence-corrected chi connectivity index (χ3v) is 4.77. The van der Waals surface area contributed by atoms with Crippen LogP contribution in [0.2, 0.25) is 0 Å². The van der Waals surface area contributed by atoms with Crippen molar-refractivity contribution in [2.45, 2.75) is 31.2 Å². The summed E-state index contributed by atoms with van der Waals surface area (Å²) < 4.78 is 44.5. The molecule has 0 radical (unpaired) electrons. The average Bonchev–Trinajstić information content (AvgIpc) is 3.06. The molecule has 0 aliphatic rings. The molecule has 1 heterocycles. The van der Waals surface area contributed by atoms with Gasteiger partial charge in [-0.15, -0.1) is 5.10 Å². The van der Waals surface area contributed by atoms with E-state index in [1.165, 1.54) is 33.5 Å². The molecule has 0 bridgehead atoms. The summed E-state index contributed by atoms with van der Waals surface area (Å²) in [5.74, 6) is -0.544. The van der Waals surface area contributed by atoms with E-state index in [4.69, 9.17) is 4.74 Å². The Morgan fingerprint density at radius 1 is 1.24 bits per heavy atom. The monoisotopic (exact) mass is 431 g/mol. The Morgan fingerprint density at radius 3 is 2.48 bits per heavy atom. The number of nitrogens with zero attached hydrogens (tertiary/aromatic N) is 5. The Balaban J connectivity index is 2.02. The summed E-state index contributed by atoms with van der Waals surface area (Å²) in [4.78, 5) is 25.7. The number of ether oxygens (including phenoxy) is 1. The largest absolute Gasteiger partial charge is 0.465 e. The molecule has 0 saturated heterocycles. The van der Waals surface area contributed by atoms with Crippen LogP contribution in [0, 0.1) is 0 Å². The van der Waals surface area contributed by atoms with Gasteiger partial charge in [0.15, 0.2) is 0 Å². The fraction of sp³-hybridized carbons (Fsp3) is 0.471. The van der Waals surface area contributed by atoms with Crippen LogP contribution in [0.25, 0.3) is 0 Å². The molecule has 0 spiro atoms. The second-order valence-corrected chi connectivity index (χ2v) is 7.00. The number of hydrogen-bond donors (Lipinski definition) is 0. The molecule has 158 valence electrons. The molecule has 0 saturated carbocycles. The van der Waals surface area contributed by atoms with E-state index >= 15 is 0 Å². The Kier molecular flexibility index (Phi) is 8.00. The Hall–Kier alpha value is -2.63. The van der Waals surface area contributed by atoms with Crippen LogP contribution >= 0.6 is 11.8 Å². The van der Waals surface area contributed by atoms with E-state index in [2.05, 4.69) is 15.5 Å². The zero-order valence-corrected chi connectivity index (χ0v) is 16.7. The molecule has 1 aromatic heterocycles. The summed E-state index contributed by atoms with van der Waals surface area (Å²) in [6.45, 7) is 1.51. The van der Waals surface area contributed by atoms with Gasteiger partial charge in [-0.05, 0) is 35.0 Å². The van der Waals surface area contributed by atoms with Crippen molar-refractivity contribution < 1.29 is 27.5 Å². The Morgan fingerprint density at radius 2 is 1.93 bits per heavy atom. The van der Waals surface area contributed by atoms with Crippen LogP contribution in [0.1, 0.15) is 24.5 Å². The van der Waals surface area contributed by atoms with Crippen LogP contribution in [0.3, 0.4) is 0 Å². The lowest BCUT2D eigenvalue weighted by Crippen LogP contribution is -2.36. The van der Waals surface area contributed by atoms with Gasteiger partial charge in [-0.3, -0.25) is 9.59 Å². The van der Waals surface area contributed by atoms with Gasteiger partial charge in [-0.1, -0.05) is 23.9 Å². The molecular weight excluding hydrogens is 411 g/mol. The van der Waals surface area contributed by atoms with Gasteiger partial charge in [-0.2, -0.15) is 13.2 Å². The topological polar surface area (TPSA) is 90.2 Å². The first kappa shape index (κ1) is 22.7. The van der Waals surface area contributed by atoms with Crippen molar-refractivity contribution in [2.24, 2.45) is 7.05 Å². The molecular formula is C17H20F3N5O3S. The molecule has 1 amide bonds. The number of carbonyl (C=O) groups is 2. The number of benzene rings is 1. The number of thioether (sulfide) groups is 1. The van der Waals surface area contributed by atoms with Crippen molar-refractivity contribution in [1.29, 1.82) is 0 Å². The van der Waals surface area contributed by atoms with E-state index in [-0.39, 0.29) is 32.0 Å². The van der Waals surface area contributed by atoms with Crippen molar-refractivity contribution in [1.82, 2.24) is 25.1 Å². The van der Waals surface area contributed by atoms with E-state index in [0.717, 1.165) is 12.1 Å². The number of alkyl halides is 3. The van der Waals surface area contributed by atoms with Gasteiger partial charge in [-0.25, -0.2) is 4.68 Å². The highest BCUT2D eigenvalue weighted by Gasteiger charge is 2.30. The highest BCUT2D eigenvalue weighted by Crippen LogP contribution is 2.29. The predicted octanol–water partition coefficient (Wildman–Crippen LogP) is 2.30. The van der Waals surface area contributed by atoms with Crippen molar-refractivity contribution in [3.63, 3.8) is 0 Å². The van der Waals surface area contributed by atoms with Crippen molar-refractivity contribution >= 4 is 23.6 Å². The smallest absolute Gasteiger partial charge is 0.416 e. The molecule has 0 unspecified atom stereocenters. The summed E-state index contributed by atoms with van der Waals surface area (Å²) in [5, 5.41) is 11.5. The van der Waals surface area contributed by atoms with Crippen molar-refractivity contribution in [3.8, 4) is 0 Å². The number of rotatable bonds is 9. The number of amides is 1. The third-order valence-electron chi connectivity index (χ3n) is 3.76. The molecule has 2 rings (SSSR count). The zero-order chi connectivity index (χ0) is 21.4. The average molecular weight is 431 g/mol. The second kappa shape index (κ2) is 10.2. The number of aromatic nitrogens is 4. The van der Waals surface area contributed by atoms with Gasteiger partial charge in [0.2, 0.25) is 11.1 Å². The Bertz CT molecular complexity index is 826. The molecule has 8 nitrogen and oxygen atoms in total. The fourth-order valence-corrected chi connectivity index (χ4v) is 3.12. The minimum Gasteiger partial charge on any atom is -0.465 e. The lowest BCUT2D eigenvalue weighted by molar-refractivity contribution is -0.149. The normalized spacial score (nSPS) is 11.3.